The number of benzene rings is 1. The summed E-state index contributed by atoms with van der Waals surface area (Å²) in [5.74, 6) is 0.193. The fourth-order valence-corrected chi connectivity index (χ4v) is 5.31. The fourth-order valence-electron chi connectivity index (χ4n) is 2.49. The Hall–Kier alpha value is -1.000. The van der Waals surface area contributed by atoms with Crippen molar-refractivity contribution in [3.8, 4) is 0 Å². The number of rotatable bonds is 7. The van der Waals surface area contributed by atoms with Gasteiger partial charge in [-0.15, -0.1) is 0 Å². The molecule has 2 N–H and O–H groups in total. The van der Waals surface area contributed by atoms with Crippen molar-refractivity contribution in [1.82, 2.24) is 9.21 Å². The van der Waals surface area contributed by atoms with Gasteiger partial charge in [-0.05, 0) is 12.1 Å². The monoisotopic (exact) mass is 439 g/mol. The quantitative estimate of drug-likeness (QED) is 0.647. The Balaban J connectivity index is 1.92. The zero-order valence-electron chi connectivity index (χ0n) is 13.9. The lowest BCUT2D eigenvalue weighted by Gasteiger charge is -2.34. The molecular weight excluding hydrogens is 421 g/mol. The van der Waals surface area contributed by atoms with Gasteiger partial charge in [0.1, 0.15) is 4.90 Å². The van der Waals surface area contributed by atoms with Crippen LogP contribution in [0.15, 0.2) is 23.1 Å². The first-order chi connectivity index (χ1) is 12.2. The summed E-state index contributed by atoms with van der Waals surface area (Å²) >= 11 is 13.2. The summed E-state index contributed by atoms with van der Waals surface area (Å²) in [7, 11) is -3.77. The Labute approximate surface area is 166 Å². The highest BCUT2D eigenvalue weighted by atomic mass is 35.5. The fraction of sp³-hybridized carbons (Fsp3) is 0.467. The molecule has 2 rings (SSSR count). The van der Waals surface area contributed by atoms with E-state index < -0.39 is 15.9 Å². The van der Waals surface area contributed by atoms with Crippen LogP contribution in [0.25, 0.3) is 0 Å². The molecule has 26 heavy (non-hydrogen) atoms. The maximum absolute atomic E-state index is 12.7. The molecule has 0 radical (unpaired) electrons. The van der Waals surface area contributed by atoms with Gasteiger partial charge in [-0.25, -0.2) is 8.42 Å². The van der Waals surface area contributed by atoms with Crippen LogP contribution in [0.1, 0.15) is 6.42 Å². The molecular formula is C15H19Cl2N3O4S2. The van der Waals surface area contributed by atoms with Gasteiger partial charge in [0.15, 0.2) is 0 Å². The standard InChI is InChI=1S/C15H19Cl2N3O4S2/c16-11-2-1-3-12(15(11)17)26(23,24)20-7-5-19(6-8-20)14(22)4-9-25-10-13(18)21/h1-3H,4-10H2,(H2,18,21). The van der Waals surface area contributed by atoms with Gasteiger partial charge in [0, 0.05) is 38.4 Å². The highest BCUT2D eigenvalue weighted by Gasteiger charge is 2.31. The number of thioether (sulfide) groups is 1. The molecule has 2 amide bonds. The van der Waals surface area contributed by atoms with Crippen molar-refractivity contribution in [2.45, 2.75) is 11.3 Å². The SMILES string of the molecule is NC(=O)CSCCC(=O)N1CCN(S(=O)(=O)c2cccc(Cl)c2Cl)CC1. The minimum atomic E-state index is -3.77. The van der Waals surface area contributed by atoms with Crippen molar-refractivity contribution < 1.29 is 18.0 Å². The lowest BCUT2D eigenvalue weighted by molar-refractivity contribution is -0.131. The molecule has 11 heteroatoms. The van der Waals surface area contributed by atoms with E-state index in [1.165, 1.54) is 34.3 Å². The molecule has 1 saturated heterocycles. The van der Waals surface area contributed by atoms with Crippen LogP contribution in [0.5, 0.6) is 0 Å². The summed E-state index contributed by atoms with van der Waals surface area (Å²) in [5.41, 5.74) is 5.04. The van der Waals surface area contributed by atoms with E-state index in [1.807, 2.05) is 0 Å². The van der Waals surface area contributed by atoms with Crippen LogP contribution in [-0.2, 0) is 19.6 Å². The second-order valence-electron chi connectivity index (χ2n) is 5.61. The maximum atomic E-state index is 12.7. The Morgan fingerprint density at radius 1 is 1.15 bits per heavy atom. The summed E-state index contributed by atoms with van der Waals surface area (Å²) in [6, 6.07) is 4.47. The molecule has 0 unspecified atom stereocenters. The van der Waals surface area contributed by atoms with Gasteiger partial charge in [0.05, 0.1) is 15.8 Å². The Morgan fingerprint density at radius 3 is 2.42 bits per heavy atom. The number of nitrogens with zero attached hydrogens (tertiary/aromatic N) is 2. The van der Waals surface area contributed by atoms with Gasteiger partial charge in [0.2, 0.25) is 21.8 Å². The summed E-state index contributed by atoms with van der Waals surface area (Å²) in [6.45, 7) is 0.976. The molecule has 0 saturated carbocycles. The topological polar surface area (TPSA) is 101 Å². The molecule has 1 aromatic carbocycles. The normalized spacial score (nSPS) is 15.8. The number of carbonyl (C=O) groups is 2. The summed E-state index contributed by atoms with van der Waals surface area (Å²) in [6.07, 6.45) is 0.283. The summed E-state index contributed by atoms with van der Waals surface area (Å²) in [5, 5.41) is 0.175. The van der Waals surface area contributed by atoms with E-state index in [-0.39, 0.29) is 46.1 Å². The van der Waals surface area contributed by atoms with Crippen LogP contribution in [0, 0.1) is 0 Å². The van der Waals surface area contributed by atoms with Gasteiger partial charge in [-0.3, -0.25) is 9.59 Å². The van der Waals surface area contributed by atoms with Crippen LogP contribution >= 0.6 is 35.0 Å². The second kappa shape index (κ2) is 9.27. The molecule has 0 spiro atoms. The molecule has 0 aliphatic carbocycles. The molecule has 1 aromatic rings. The summed E-state index contributed by atoms with van der Waals surface area (Å²) in [4.78, 5) is 24.4. The Morgan fingerprint density at radius 2 is 1.81 bits per heavy atom. The molecule has 1 fully saturated rings. The van der Waals surface area contributed by atoms with Crippen LogP contribution in [0.4, 0.5) is 0 Å². The van der Waals surface area contributed by atoms with E-state index in [9.17, 15) is 18.0 Å². The molecule has 1 heterocycles. The van der Waals surface area contributed by atoms with Gasteiger partial charge in [-0.1, -0.05) is 29.3 Å². The van der Waals surface area contributed by atoms with E-state index in [4.69, 9.17) is 28.9 Å². The molecule has 7 nitrogen and oxygen atoms in total. The van der Waals surface area contributed by atoms with Crippen molar-refractivity contribution in [3.05, 3.63) is 28.2 Å². The first-order valence-electron chi connectivity index (χ1n) is 7.81. The lowest BCUT2D eigenvalue weighted by atomic mass is 10.3. The van der Waals surface area contributed by atoms with E-state index in [1.54, 1.807) is 4.90 Å². The molecule has 144 valence electrons. The number of hydrogen-bond donors (Lipinski definition) is 1. The first-order valence-corrected chi connectivity index (χ1v) is 11.2. The van der Waals surface area contributed by atoms with Crippen LogP contribution in [0.2, 0.25) is 10.0 Å². The van der Waals surface area contributed by atoms with Crippen molar-refractivity contribution in [2.75, 3.05) is 37.7 Å². The molecule has 1 aliphatic heterocycles. The second-order valence-corrected chi connectivity index (χ2v) is 9.40. The number of nitrogens with two attached hydrogens (primary N) is 1. The van der Waals surface area contributed by atoms with Crippen molar-refractivity contribution >= 4 is 56.8 Å². The predicted octanol–water partition coefficient (Wildman–Crippen LogP) is 1.43. The minimum Gasteiger partial charge on any atom is -0.369 e. The minimum absolute atomic E-state index is 0.000789. The average molecular weight is 440 g/mol. The number of carbonyl (C=O) groups excluding carboxylic acids is 2. The zero-order chi connectivity index (χ0) is 19.3. The smallest absolute Gasteiger partial charge is 0.244 e. The predicted molar refractivity (Wildman–Crippen MR) is 103 cm³/mol. The lowest BCUT2D eigenvalue weighted by Crippen LogP contribution is -2.50. The number of halogens is 2. The molecule has 0 atom stereocenters. The number of piperazine rings is 1. The third-order valence-electron chi connectivity index (χ3n) is 3.83. The van der Waals surface area contributed by atoms with Crippen LogP contribution < -0.4 is 5.73 Å². The molecule has 1 aliphatic rings. The average Bonchev–Trinajstić information content (AvgIpc) is 2.60. The van der Waals surface area contributed by atoms with Gasteiger partial charge in [-0.2, -0.15) is 16.1 Å². The van der Waals surface area contributed by atoms with Crippen molar-refractivity contribution in [3.63, 3.8) is 0 Å². The maximum Gasteiger partial charge on any atom is 0.244 e. The van der Waals surface area contributed by atoms with Gasteiger partial charge >= 0.3 is 0 Å². The van der Waals surface area contributed by atoms with Crippen LogP contribution in [0.3, 0.4) is 0 Å². The Kier molecular flexibility index (Phi) is 7.60. The third-order valence-corrected chi connectivity index (χ3v) is 7.68. The number of primary amides is 1. The largest absolute Gasteiger partial charge is 0.369 e. The highest BCUT2D eigenvalue weighted by molar-refractivity contribution is 7.99. The third kappa shape index (κ3) is 5.26. The van der Waals surface area contributed by atoms with Crippen LogP contribution in [-0.4, -0.2) is 67.1 Å². The molecule has 0 aromatic heterocycles. The van der Waals surface area contributed by atoms with E-state index in [0.29, 0.717) is 18.8 Å². The molecule has 0 bridgehead atoms. The number of amides is 2. The van der Waals surface area contributed by atoms with E-state index in [2.05, 4.69) is 0 Å². The number of sulfonamides is 1. The zero-order valence-corrected chi connectivity index (χ0v) is 17.0. The van der Waals surface area contributed by atoms with E-state index >= 15 is 0 Å². The summed E-state index contributed by atoms with van der Waals surface area (Å²) < 4.78 is 26.8. The van der Waals surface area contributed by atoms with Gasteiger partial charge < -0.3 is 10.6 Å². The van der Waals surface area contributed by atoms with E-state index in [0.717, 1.165) is 0 Å². The Bertz CT molecular complexity index is 781. The number of hydrogen-bond acceptors (Lipinski definition) is 5. The van der Waals surface area contributed by atoms with Crippen molar-refractivity contribution in [2.24, 2.45) is 5.73 Å². The first kappa shape index (κ1) is 21.3. The van der Waals surface area contributed by atoms with Gasteiger partial charge in [0.25, 0.3) is 0 Å². The highest BCUT2D eigenvalue weighted by Crippen LogP contribution is 2.31. The van der Waals surface area contributed by atoms with Crippen molar-refractivity contribution in [1.29, 1.82) is 0 Å².